The Morgan fingerprint density at radius 2 is 2.00 bits per heavy atom. The summed E-state index contributed by atoms with van der Waals surface area (Å²) < 4.78 is 5.90. The minimum absolute atomic E-state index is 0.139. The van der Waals surface area contributed by atoms with Gasteiger partial charge >= 0.3 is 6.01 Å². The molecule has 3 aromatic rings. The van der Waals surface area contributed by atoms with Crippen molar-refractivity contribution in [2.75, 3.05) is 37.7 Å². The van der Waals surface area contributed by atoms with Gasteiger partial charge < -0.3 is 14.5 Å². The molecular weight excluding hydrogens is 420 g/mol. The van der Waals surface area contributed by atoms with Gasteiger partial charge in [0.25, 0.3) is 5.91 Å². The molecule has 6 rings (SSSR count). The smallest absolute Gasteiger partial charge is 0.321 e. The third-order valence-corrected chi connectivity index (χ3v) is 7.17. The van der Waals surface area contributed by atoms with E-state index in [1.165, 1.54) is 6.42 Å². The maximum Gasteiger partial charge on any atom is 0.321 e. The van der Waals surface area contributed by atoms with E-state index in [9.17, 15) is 4.79 Å². The minimum Gasteiger partial charge on any atom is -0.463 e. The van der Waals surface area contributed by atoms with E-state index in [1.54, 1.807) is 11.1 Å². The minimum atomic E-state index is -0.139. The number of amides is 1. The molecule has 1 aliphatic carbocycles. The maximum atomic E-state index is 12.8. The largest absolute Gasteiger partial charge is 0.463 e. The van der Waals surface area contributed by atoms with Gasteiger partial charge in [0.05, 0.1) is 12.3 Å². The van der Waals surface area contributed by atoms with Crippen molar-refractivity contribution in [1.82, 2.24) is 35.0 Å². The van der Waals surface area contributed by atoms with Crippen molar-refractivity contribution in [3.8, 4) is 6.01 Å². The maximum absolute atomic E-state index is 12.8. The highest BCUT2D eigenvalue weighted by molar-refractivity contribution is 5.91. The first-order valence-corrected chi connectivity index (χ1v) is 11.9. The Morgan fingerprint density at radius 3 is 2.73 bits per heavy atom. The van der Waals surface area contributed by atoms with Crippen LogP contribution in [-0.4, -0.2) is 73.7 Å². The summed E-state index contributed by atoms with van der Waals surface area (Å²) in [5.74, 6) is 2.15. The van der Waals surface area contributed by atoms with Crippen LogP contribution in [0.2, 0.25) is 0 Å². The summed E-state index contributed by atoms with van der Waals surface area (Å²) in [7, 11) is 0. The number of aromatic nitrogens is 6. The number of anilines is 1. The van der Waals surface area contributed by atoms with Gasteiger partial charge in [0.2, 0.25) is 11.8 Å². The summed E-state index contributed by atoms with van der Waals surface area (Å²) in [5.41, 5.74) is 1.90. The number of fused-ring (bicyclic) bond motifs is 1. The van der Waals surface area contributed by atoms with Crippen LogP contribution in [0, 0.1) is 11.8 Å². The SMILES string of the molecule is C[C@@H]1C[C@@H]1COc1nc(C(=O)N2CCC2)nc(N2CCC(c3n[nH]c4ncccc34)CC2)n1. The Labute approximate surface area is 191 Å². The predicted octanol–water partition coefficient (Wildman–Crippen LogP) is 2.41. The van der Waals surface area contributed by atoms with Crippen molar-refractivity contribution in [2.45, 2.75) is 38.5 Å². The number of nitrogens with zero attached hydrogens (tertiary/aromatic N) is 7. The van der Waals surface area contributed by atoms with Gasteiger partial charge in [-0.25, -0.2) is 4.98 Å². The quantitative estimate of drug-likeness (QED) is 0.612. The van der Waals surface area contributed by atoms with Crippen molar-refractivity contribution in [1.29, 1.82) is 0 Å². The molecule has 0 unspecified atom stereocenters. The zero-order valence-electron chi connectivity index (χ0n) is 18.8. The van der Waals surface area contributed by atoms with Crippen LogP contribution in [-0.2, 0) is 0 Å². The highest BCUT2D eigenvalue weighted by Crippen LogP contribution is 2.38. The van der Waals surface area contributed by atoms with E-state index in [2.05, 4.69) is 48.0 Å². The lowest BCUT2D eigenvalue weighted by molar-refractivity contribution is 0.0636. The second kappa shape index (κ2) is 8.24. The van der Waals surface area contributed by atoms with Gasteiger partial charge in [-0.2, -0.15) is 20.1 Å². The first-order chi connectivity index (χ1) is 16.2. The number of ether oxygens (including phenoxy) is 1. The predicted molar refractivity (Wildman–Crippen MR) is 121 cm³/mol. The molecule has 2 saturated heterocycles. The van der Waals surface area contributed by atoms with Crippen LogP contribution in [0.5, 0.6) is 6.01 Å². The summed E-state index contributed by atoms with van der Waals surface area (Å²) in [6, 6.07) is 4.27. The number of likely N-dealkylation sites (tertiary alicyclic amines) is 1. The number of nitrogens with one attached hydrogen (secondary N) is 1. The lowest BCUT2D eigenvalue weighted by Gasteiger charge is -2.32. The van der Waals surface area contributed by atoms with Gasteiger partial charge in [0.1, 0.15) is 0 Å². The van der Waals surface area contributed by atoms with E-state index >= 15 is 0 Å². The van der Waals surface area contributed by atoms with Crippen molar-refractivity contribution >= 4 is 22.9 Å². The Morgan fingerprint density at radius 1 is 1.18 bits per heavy atom. The van der Waals surface area contributed by atoms with Gasteiger partial charge in [-0.05, 0) is 49.7 Å². The van der Waals surface area contributed by atoms with E-state index < -0.39 is 0 Å². The Hall–Kier alpha value is -3.30. The number of carbonyl (C=O) groups is 1. The van der Waals surface area contributed by atoms with E-state index in [-0.39, 0.29) is 17.7 Å². The Kier molecular flexibility index (Phi) is 5.07. The summed E-state index contributed by atoms with van der Waals surface area (Å²) >= 11 is 0. The molecule has 2 aliphatic heterocycles. The molecule has 172 valence electrons. The van der Waals surface area contributed by atoms with Crippen molar-refractivity contribution in [3.05, 3.63) is 29.8 Å². The third kappa shape index (κ3) is 3.98. The molecule has 2 atom stereocenters. The van der Waals surface area contributed by atoms with E-state index in [0.29, 0.717) is 30.3 Å². The van der Waals surface area contributed by atoms with E-state index in [0.717, 1.165) is 62.2 Å². The molecule has 0 radical (unpaired) electrons. The summed E-state index contributed by atoms with van der Waals surface area (Å²) in [6.07, 6.45) is 5.81. The number of aromatic amines is 1. The number of H-pyrrole nitrogens is 1. The highest BCUT2D eigenvalue weighted by Gasteiger charge is 2.34. The monoisotopic (exact) mass is 448 g/mol. The molecule has 1 saturated carbocycles. The summed E-state index contributed by atoms with van der Waals surface area (Å²) in [4.78, 5) is 34.6. The van der Waals surface area contributed by atoms with Crippen LogP contribution in [0.25, 0.3) is 11.0 Å². The first-order valence-electron chi connectivity index (χ1n) is 11.9. The normalized spacial score (nSPS) is 22.9. The topological polar surface area (TPSA) is 113 Å². The second-order valence-electron chi connectivity index (χ2n) is 9.44. The molecule has 1 amide bonds. The van der Waals surface area contributed by atoms with Crippen molar-refractivity contribution in [3.63, 3.8) is 0 Å². The van der Waals surface area contributed by atoms with Gasteiger partial charge in [-0.3, -0.25) is 9.89 Å². The second-order valence-corrected chi connectivity index (χ2v) is 9.44. The van der Waals surface area contributed by atoms with Crippen LogP contribution in [0.4, 0.5) is 5.95 Å². The van der Waals surface area contributed by atoms with Crippen molar-refractivity contribution < 1.29 is 9.53 Å². The highest BCUT2D eigenvalue weighted by atomic mass is 16.5. The van der Waals surface area contributed by atoms with Crippen LogP contribution >= 0.6 is 0 Å². The van der Waals surface area contributed by atoms with Crippen molar-refractivity contribution in [2.24, 2.45) is 11.8 Å². The number of rotatable bonds is 6. The molecular formula is C23H28N8O2. The molecule has 10 heteroatoms. The summed E-state index contributed by atoms with van der Waals surface area (Å²) in [6.45, 7) is 5.87. The number of carbonyl (C=O) groups excluding carboxylic acids is 1. The number of hydrogen-bond donors (Lipinski definition) is 1. The fraction of sp³-hybridized carbons (Fsp3) is 0.565. The van der Waals surface area contributed by atoms with Crippen LogP contribution in [0.15, 0.2) is 18.3 Å². The zero-order valence-corrected chi connectivity index (χ0v) is 18.8. The van der Waals surface area contributed by atoms with Gasteiger partial charge in [-0.15, -0.1) is 0 Å². The molecule has 10 nitrogen and oxygen atoms in total. The molecule has 1 N–H and O–H groups in total. The Bertz CT molecular complexity index is 1170. The molecule has 0 aromatic carbocycles. The fourth-order valence-electron chi connectivity index (χ4n) is 4.66. The first kappa shape index (κ1) is 20.3. The lowest BCUT2D eigenvalue weighted by atomic mass is 9.92. The van der Waals surface area contributed by atoms with Gasteiger partial charge in [0.15, 0.2) is 5.65 Å². The van der Waals surface area contributed by atoms with Crippen LogP contribution in [0.3, 0.4) is 0 Å². The third-order valence-electron chi connectivity index (χ3n) is 7.17. The number of pyridine rings is 1. The average Bonchev–Trinajstić information content (AvgIpc) is 3.35. The fourth-order valence-corrected chi connectivity index (χ4v) is 4.66. The molecule has 3 aliphatic rings. The van der Waals surface area contributed by atoms with Gasteiger partial charge in [-0.1, -0.05) is 6.92 Å². The van der Waals surface area contributed by atoms with E-state index in [4.69, 9.17) is 4.74 Å². The zero-order chi connectivity index (χ0) is 22.4. The number of piperidine rings is 1. The van der Waals surface area contributed by atoms with Crippen LogP contribution in [0.1, 0.15) is 54.8 Å². The number of hydrogen-bond acceptors (Lipinski definition) is 8. The lowest BCUT2D eigenvalue weighted by Crippen LogP contribution is -2.43. The standard InChI is InChI=1S/C23H28N8O2/c1-14-12-16(14)13-33-23-26-20(21(32)30-8-3-9-30)25-22(27-23)31-10-5-15(6-11-31)18-17-4-2-7-24-19(17)29-28-18/h2,4,7,14-16H,3,5-6,8-13H2,1H3,(H,24,28,29)/t14-,16-/m1/s1. The molecule has 0 bridgehead atoms. The van der Waals surface area contributed by atoms with Gasteiger partial charge in [0, 0.05) is 43.7 Å². The van der Waals surface area contributed by atoms with Crippen LogP contribution < -0.4 is 9.64 Å². The average molecular weight is 449 g/mol. The molecule has 3 aromatic heterocycles. The molecule has 5 heterocycles. The summed E-state index contributed by atoms with van der Waals surface area (Å²) in [5, 5.41) is 8.67. The molecule has 0 spiro atoms. The molecule has 3 fully saturated rings. The molecule has 33 heavy (non-hydrogen) atoms. The Balaban J connectivity index is 1.20. The van der Waals surface area contributed by atoms with E-state index in [1.807, 2.05) is 6.07 Å².